The summed E-state index contributed by atoms with van der Waals surface area (Å²) in [5.74, 6) is -0.283. The molecule has 2 fully saturated rings. The van der Waals surface area contributed by atoms with E-state index in [9.17, 15) is 18.0 Å². The zero-order valence-corrected chi connectivity index (χ0v) is 12.4. The van der Waals surface area contributed by atoms with Crippen molar-refractivity contribution in [3.8, 4) is 0 Å². The van der Waals surface area contributed by atoms with Gasteiger partial charge < -0.3 is 10.6 Å². The molecule has 2 aliphatic rings. The molecule has 0 saturated carbocycles. The monoisotopic (exact) mass is 302 g/mol. The van der Waals surface area contributed by atoms with Gasteiger partial charge in [0.05, 0.1) is 17.4 Å². The molecule has 2 aliphatic heterocycles. The van der Waals surface area contributed by atoms with Crippen LogP contribution >= 0.6 is 0 Å². The number of primary amides is 1. The maximum Gasteiger partial charge on any atom is 0.226 e. The van der Waals surface area contributed by atoms with E-state index in [0.29, 0.717) is 38.3 Å². The van der Waals surface area contributed by atoms with Crippen LogP contribution in [0.3, 0.4) is 0 Å². The van der Waals surface area contributed by atoms with Crippen LogP contribution < -0.4 is 5.73 Å². The molecular weight excluding hydrogens is 280 g/mol. The summed E-state index contributed by atoms with van der Waals surface area (Å²) in [5, 5.41) is 0. The van der Waals surface area contributed by atoms with E-state index >= 15 is 0 Å². The van der Waals surface area contributed by atoms with Gasteiger partial charge in [-0.2, -0.15) is 0 Å². The van der Waals surface area contributed by atoms with Gasteiger partial charge in [-0.15, -0.1) is 0 Å². The van der Waals surface area contributed by atoms with E-state index in [-0.39, 0.29) is 29.2 Å². The molecule has 0 aromatic rings. The minimum atomic E-state index is -3.02. The fourth-order valence-electron chi connectivity index (χ4n) is 3.10. The van der Waals surface area contributed by atoms with E-state index in [1.807, 2.05) is 0 Å². The number of carbonyl (C=O) groups excluding carboxylic acids is 2. The highest BCUT2D eigenvalue weighted by Gasteiger charge is 2.36. The molecule has 2 atom stereocenters. The van der Waals surface area contributed by atoms with Gasteiger partial charge in [0.25, 0.3) is 0 Å². The summed E-state index contributed by atoms with van der Waals surface area (Å²) < 4.78 is 22.9. The van der Waals surface area contributed by atoms with Gasteiger partial charge in [0.2, 0.25) is 11.8 Å². The fraction of sp³-hybridized carbons (Fsp3) is 0.846. The van der Waals surface area contributed by atoms with E-state index in [4.69, 9.17) is 5.73 Å². The molecule has 0 bridgehead atoms. The Morgan fingerprint density at radius 1 is 1.25 bits per heavy atom. The van der Waals surface area contributed by atoms with Crippen molar-refractivity contribution in [3.05, 3.63) is 0 Å². The highest BCUT2D eigenvalue weighted by molar-refractivity contribution is 7.91. The molecule has 0 aliphatic carbocycles. The molecule has 7 heteroatoms. The van der Waals surface area contributed by atoms with Crippen molar-refractivity contribution < 1.29 is 18.0 Å². The summed E-state index contributed by atoms with van der Waals surface area (Å²) >= 11 is 0. The first-order valence-corrected chi connectivity index (χ1v) is 8.97. The van der Waals surface area contributed by atoms with Gasteiger partial charge in [-0.25, -0.2) is 8.42 Å². The lowest BCUT2D eigenvalue weighted by Crippen LogP contribution is -2.43. The van der Waals surface area contributed by atoms with Crippen LogP contribution in [0.1, 0.15) is 32.1 Å². The predicted molar refractivity (Wildman–Crippen MR) is 74.5 cm³/mol. The summed E-state index contributed by atoms with van der Waals surface area (Å²) in [6.07, 6.45) is 3.42. The second-order valence-corrected chi connectivity index (χ2v) is 8.13. The molecule has 2 N–H and O–H groups in total. The Bertz CT molecular complexity index is 489. The van der Waals surface area contributed by atoms with Gasteiger partial charge in [-0.05, 0) is 31.6 Å². The number of amides is 2. The standard InChI is InChI=1S/C13H22N2O4S/c14-12(16)4-3-10-2-1-6-15(8-10)13(17)11-5-7-20(18,19)9-11/h10-11H,1-9H2,(H2,14,16)/t10-,11+/m1/s1. The first-order valence-electron chi connectivity index (χ1n) is 7.15. The summed E-state index contributed by atoms with van der Waals surface area (Å²) in [6, 6.07) is 0. The minimum Gasteiger partial charge on any atom is -0.370 e. The van der Waals surface area contributed by atoms with Gasteiger partial charge in [0.1, 0.15) is 0 Å². The van der Waals surface area contributed by atoms with Crippen molar-refractivity contribution in [2.24, 2.45) is 17.6 Å². The Hall–Kier alpha value is -1.11. The molecule has 2 amide bonds. The quantitative estimate of drug-likeness (QED) is 0.785. The van der Waals surface area contributed by atoms with Crippen molar-refractivity contribution in [2.75, 3.05) is 24.6 Å². The Morgan fingerprint density at radius 2 is 2.00 bits per heavy atom. The van der Waals surface area contributed by atoms with Crippen LogP contribution in [0.4, 0.5) is 0 Å². The maximum absolute atomic E-state index is 12.3. The SMILES string of the molecule is NC(=O)CC[C@H]1CCCN(C(=O)[C@H]2CCS(=O)(=O)C2)C1. The second-order valence-electron chi connectivity index (χ2n) is 5.90. The van der Waals surface area contributed by atoms with Gasteiger partial charge >= 0.3 is 0 Å². The highest BCUT2D eigenvalue weighted by Crippen LogP contribution is 2.26. The topological polar surface area (TPSA) is 97.5 Å². The lowest BCUT2D eigenvalue weighted by atomic mass is 9.92. The molecule has 6 nitrogen and oxygen atoms in total. The highest BCUT2D eigenvalue weighted by atomic mass is 32.2. The zero-order chi connectivity index (χ0) is 14.8. The molecular formula is C13H22N2O4S. The van der Waals surface area contributed by atoms with Gasteiger partial charge in [-0.3, -0.25) is 9.59 Å². The number of carbonyl (C=O) groups is 2. The number of rotatable bonds is 4. The minimum absolute atomic E-state index is 0.00567. The van der Waals surface area contributed by atoms with E-state index in [0.717, 1.165) is 12.8 Å². The Balaban J connectivity index is 1.88. The van der Waals surface area contributed by atoms with Crippen LogP contribution in [-0.2, 0) is 19.4 Å². The summed E-state index contributed by atoms with van der Waals surface area (Å²) in [5.41, 5.74) is 5.15. The first kappa shape index (κ1) is 15.3. The van der Waals surface area contributed by atoms with E-state index < -0.39 is 9.84 Å². The molecule has 2 saturated heterocycles. The number of nitrogens with zero attached hydrogens (tertiary/aromatic N) is 1. The van der Waals surface area contributed by atoms with Crippen LogP contribution in [-0.4, -0.2) is 49.7 Å². The number of hydrogen-bond acceptors (Lipinski definition) is 4. The van der Waals surface area contributed by atoms with Crippen LogP contribution in [0.25, 0.3) is 0 Å². The molecule has 0 unspecified atom stereocenters. The van der Waals surface area contributed by atoms with Gasteiger partial charge in [0.15, 0.2) is 9.84 Å². The van der Waals surface area contributed by atoms with E-state index in [1.54, 1.807) is 4.90 Å². The van der Waals surface area contributed by atoms with Crippen LogP contribution in [0.15, 0.2) is 0 Å². The molecule has 2 heterocycles. The second kappa shape index (κ2) is 6.11. The summed E-state index contributed by atoms with van der Waals surface area (Å²) in [4.78, 5) is 24.9. The third-order valence-electron chi connectivity index (χ3n) is 4.21. The molecule has 20 heavy (non-hydrogen) atoms. The molecule has 0 spiro atoms. The normalized spacial score (nSPS) is 29.3. The van der Waals surface area contributed by atoms with Crippen molar-refractivity contribution >= 4 is 21.7 Å². The van der Waals surface area contributed by atoms with Gasteiger partial charge in [0, 0.05) is 19.5 Å². The van der Waals surface area contributed by atoms with Crippen molar-refractivity contribution in [3.63, 3.8) is 0 Å². The van der Waals surface area contributed by atoms with Crippen LogP contribution in [0, 0.1) is 11.8 Å². The van der Waals surface area contributed by atoms with E-state index in [2.05, 4.69) is 0 Å². The van der Waals surface area contributed by atoms with Gasteiger partial charge in [-0.1, -0.05) is 0 Å². The molecule has 0 aromatic heterocycles. The Morgan fingerprint density at radius 3 is 2.60 bits per heavy atom. The zero-order valence-electron chi connectivity index (χ0n) is 11.6. The third-order valence-corrected chi connectivity index (χ3v) is 5.98. The van der Waals surface area contributed by atoms with Crippen molar-refractivity contribution in [1.29, 1.82) is 0 Å². The average Bonchev–Trinajstić information content (AvgIpc) is 2.76. The van der Waals surface area contributed by atoms with E-state index in [1.165, 1.54) is 0 Å². The average molecular weight is 302 g/mol. The Labute approximate surface area is 119 Å². The molecule has 0 aromatic carbocycles. The lowest BCUT2D eigenvalue weighted by Gasteiger charge is -2.34. The number of likely N-dealkylation sites (tertiary alicyclic amines) is 1. The first-order chi connectivity index (χ1) is 9.37. The molecule has 2 rings (SSSR count). The Kier molecular flexibility index (Phi) is 4.67. The summed E-state index contributed by atoms with van der Waals surface area (Å²) in [6.45, 7) is 1.32. The molecule has 114 valence electrons. The predicted octanol–water partition coefficient (Wildman–Crippen LogP) is -0.0748. The van der Waals surface area contributed by atoms with Crippen molar-refractivity contribution in [1.82, 2.24) is 4.90 Å². The van der Waals surface area contributed by atoms with Crippen molar-refractivity contribution in [2.45, 2.75) is 32.1 Å². The smallest absolute Gasteiger partial charge is 0.226 e. The van der Waals surface area contributed by atoms with Crippen LogP contribution in [0.5, 0.6) is 0 Å². The largest absolute Gasteiger partial charge is 0.370 e. The molecule has 0 radical (unpaired) electrons. The maximum atomic E-state index is 12.3. The number of hydrogen-bond donors (Lipinski definition) is 1. The lowest BCUT2D eigenvalue weighted by molar-refractivity contribution is -0.136. The van der Waals surface area contributed by atoms with Crippen LogP contribution in [0.2, 0.25) is 0 Å². The number of nitrogens with two attached hydrogens (primary N) is 1. The number of piperidine rings is 1. The third kappa shape index (κ3) is 3.94. The fourth-order valence-corrected chi connectivity index (χ4v) is 4.83. The summed E-state index contributed by atoms with van der Waals surface area (Å²) in [7, 11) is -3.02. The number of sulfone groups is 1.